The molecule has 2 aromatic rings. The maximum Gasteiger partial charge on any atom is 0.314 e. The molecule has 2 amide bonds. The zero-order valence-electron chi connectivity index (χ0n) is 11.5. The fourth-order valence-electron chi connectivity index (χ4n) is 2.32. The molecule has 1 fully saturated rings. The summed E-state index contributed by atoms with van der Waals surface area (Å²) in [6, 6.07) is 5.68. The number of aromatic nitrogens is 3. The number of fused-ring (bicyclic) bond motifs is 1. The number of carbonyl (C=O) groups excluding carboxylic acids is 1. The first kappa shape index (κ1) is 12.9. The second kappa shape index (κ2) is 5.48. The van der Waals surface area contributed by atoms with Gasteiger partial charge in [0, 0.05) is 25.7 Å². The van der Waals surface area contributed by atoms with Crippen molar-refractivity contribution in [2.24, 2.45) is 11.8 Å². The number of amides is 2. The third-order valence-electron chi connectivity index (χ3n) is 3.82. The molecule has 0 saturated heterocycles. The quantitative estimate of drug-likeness (QED) is 0.860. The van der Waals surface area contributed by atoms with Gasteiger partial charge in [-0.25, -0.2) is 4.79 Å². The van der Waals surface area contributed by atoms with Crippen molar-refractivity contribution in [2.75, 3.05) is 13.1 Å². The molecule has 106 valence electrons. The second-order valence-electron chi connectivity index (χ2n) is 5.40. The lowest BCUT2D eigenvalue weighted by Crippen LogP contribution is -2.37. The van der Waals surface area contributed by atoms with E-state index >= 15 is 0 Å². The van der Waals surface area contributed by atoms with Crippen LogP contribution in [-0.4, -0.2) is 33.7 Å². The minimum atomic E-state index is -0.0991. The van der Waals surface area contributed by atoms with Crippen molar-refractivity contribution in [2.45, 2.75) is 19.8 Å². The Morgan fingerprint density at radius 2 is 2.25 bits per heavy atom. The molecular formula is C14H19N5O. The van der Waals surface area contributed by atoms with Gasteiger partial charge >= 0.3 is 6.03 Å². The maximum absolute atomic E-state index is 11.6. The van der Waals surface area contributed by atoms with Crippen molar-refractivity contribution in [1.82, 2.24) is 25.2 Å². The normalized spacial score (nSPS) is 20.9. The average Bonchev–Trinajstić information content (AvgIpc) is 3.01. The van der Waals surface area contributed by atoms with Crippen LogP contribution in [0.2, 0.25) is 0 Å². The van der Waals surface area contributed by atoms with Crippen LogP contribution in [0.3, 0.4) is 0 Å². The molecule has 6 nitrogen and oxygen atoms in total. The third kappa shape index (κ3) is 2.89. The first-order valence-corrected chi connectivity index (χ1v) is 7.04. The molecule has 2 atom stereocenters. The standard InChI is InChI=1S/C14H19N5O/c1-10-8-11(10)9-16-14(20)15-6-5-13-18-17-12-4-2-3-7-19(12)13/h2-4,7,10-11H,5-6,8-9H2,1H3,(H2,15,16,20)/t10-,11+/m1/s1. The van der Waals surface area contributed by atoms with Crippen LogP contribution >= 0.6 is 0 Å². The summed E-state index contributed by atoms with van der Waals surface area (Å²) in [5.41, 5.74) is 0.828. The van der Waals surface area contributed by atoms with Gasteiger partial charge in [-0.15, -0.1) is 10.2 Å². The third-order valence-corrected chi connectivity index (χ3v) is 3.82. The highest BCUT2D eigenvalue weighted by atomic mass is 16.2. The summed E-state index contributed by atoms with van der Waals surface area (Å²) in [6.07, 6.45) is 3.82. The van der Waals surface area contributed by atoms with Gasteiger partial charge in [-0.05, 0) is 30.4 Å². The minimum absolute atomic E-state index is 0.0991. The van der Waals surface area contributed by atoms with Gasteiger partial charge in [-0.1, -0.05) is 13.0 Å². The Morgan fingerprint density at radius 3 is 3.05 bits per heavy atom. The van der Waals surface area contributed by atoms with E-state index in [1.807, 2.05) is 28.8 Å². The van der Waals surface area contributed by atoms with E-state index in [9.17, 15) is 4.79 Å². The van der Waals surface area contributed by atoms with Crippen LogP contribution in [0.4, 0.5) is 4.79 Å². The monoisotopic (exact) mass is 273 g/mol. The fourth-order valence-corrected chi connectivity index (χ4v) is 2.32. The number of nitrogens with zero attached hydrogens (tertiary/aromatic N) is 3. The van der Waals surface area contributed by atoms with Crippen LogP contribution in [0.25, 0.3) is 5.65 Å². The molecule has 1 aliphatic rings. The summed E-state index contributed by atoms with van der Waals surface area (Å²) in [5, 5.41) is 14.0. The van der Waals surface area contributed by atoms with Crippen molar-refractivity contribution in [3.8, 4) is 0 Å². The molecule has 6 heteroatoms. The van der Waals surface area contributed by atoms with Crippen molar-refractivity contribution in [1.29, 1.82) is 0 Å². The number of rotatable bonds is 5. The van der Waals surface area contributed by atoms with E-state index in [1.165, 1.54) is 6.42 Å². The van der Waals surface area contributed by atoms with Crippen molar-refractivity contribution >= 4 is 11.7 Å². The number of pyridine rings is 1. The molecule has 0 aliphatic heterocycles. The second-order valence-corrected chi connectivity index (χ2v) is 5.40. The largest absolute Gasteiger partial charge is 0.338 e. The lowest BCUT2D eigenvalue weighted by Gasteiger charge is -2.06. The molecule has 0 aromatic carbocycles. The summed E-state index contributed by atoms with van der Waals surface area (Å²) >= 11 is 0. The van der Waals surface area contributed by atoms with Gasteiger partial charge in [0.25, 0.3) is 0 Å². The van der Waals surface area contributed by atoms with Crippen LogP contribution in [0, 0.1) is 11.8 Å². The Hall–Kier alpha value is -2.11. The van der Waals surface area contributed by atoms with E-state index in [-0.39, 0.29) is 6.03 Å². The lowest BCUT2D eigenvalue weighted by molar-refractivity contribution is 0.240. The van der Waals surface area contributed by atoms with Crippen LogP contribution < -0.4 is 10.6 Å². The summed E-state index contributed by atoms with van der Waals surface area (Å²) in [5.74, 6) is 2.29. The number of hydrogen-bond acceptors (Lipinski definition) is 3. The highest BCUT2D eigenvalue weighted by Crippen LogP contribution is 2.36. The molecule has 0 spiro atoms. The van der Waals surface area contributed by atoms with E-state index in [0.717, 1.165) is 23.9 Å². The molecule has 20 heavy (non-hydrogen) atoms. The van der Waals surface area contributed by atoms with E-state index < -0.39 is 0 Å². The Bertz CT molecular complexity index is 608. The summed E-state index contributed by atoms with van der Waals surface area (Å²) in [4.78, 5) is 11.6. The summed E-state index contributed by atoms with van der Waals surface area (Å²) in [6.45, 7) is 3.54. The molecule has 2 aromatic heterocycles. The predicted molar refractivity (Wildman–Crippen MR) is 75.4 cm³/mol. The summed E-state index contributed by atoms with van der Waals surface area (Å²) in [7, 11) is 0. The van der Waals surface area contributed by atoms with Gasteiger partial charge in [-0.2, -0.15) is 0 Å². The molecule has 1 aliphatic carbocycles. The number of hydrogen-bond donors (Lipinski definition) is 2. The van der Waals surface area contributed by atoms with Crippen molar-refractivity contribution in [3.63, 3.8) is 0 Å². The van der Waals surface area contributed by atoms with Gasteiger partial charge in [0.05, 0.1) is 0 Å². The molecule has 0 unspecified atom stereocenters. The first-order chi connectivity index (χ1) is 9.74. The van der Waals surface area contributed by atoms with Gasteiger partial charge in [0.15, 0.2) is 5.65 Å². The topological polar surface area (TPSA) is 71.3 Å². The summed E-state index contributed by atoms with van der Waals surface area (Å²) < 4.78 is 1.94. The lowest BCUT2D eigenvalue weighted by atomic mass is 10.3. The van der Waals surface area contributed by atoms with E-state index in [4.69, 9.17) is 0 Å². The SMILES string of the molecule is C[C@@H]1C[C@H]1CNC(=O)NCCc1nnc2ccccn12. The van der Waals surface area contributed by atoms with Gasteiger partial charge in [0.2, 0.25) is 0 Å². The fraction of sp³-hybridized carbons (Fsp3) is 0.500. The van der Waals surface area contributed by atoms with Crippen LogP contribution in [0.1, 0.15) is 19.2 Å². The van der Waals surface area contributed by atoms with Crippen molar-refractivity contribution in [3.05, 3.63) is 30.2 Å². The van der Waals surface area contributed by atoms with E-state index in [2.05, 4.69) is 27.8 Å². The maximum atomic E-state index is 11.6. The first-order valence-electron chi connectivity index (χ1n) is 7.04. The number of urea groups is 1. The molecular weight excluding hydrogens is 254 g/mol. The molecule has 2 heterocycles. The Labute approximate surface area is 117 Å². The number of carbonyl (C=O) groups is 1. The predicted octanol–water partition coefficient (Wildman–Crippen LogP) is 1.23. The molecule has 0 bridgehead atoms. The molecule has 2 N–H and O–H groups in total. The smallest absolute Gasteiger partial charge is 0.314 e. The van der Waals surface area contributed by atoms with Crippen LogP contribution in [0.15, 0.2) is 24.4 Å². The molecule has 3 rings (SSSR count). The molecule has 1 saturated carbocycles. The Kier molecular flexibility index (Phi) is 3.54. The average molecular weight is 273 g/mol. The highest BCUT2D eigenvalue weighted by molar-refractivity contribution is 5.73. The van der Waals surface area contributed by atoms with Crippen molar-refractivity contribution < 1.29 is 4.79 Å². The Morgan fingerprint density at radius 1 is 1.40 bits per heavy atom. The van der Waals surface area contributed by atoms with Gasteiger partial charge < -0.3 is 10.6 Å². The van der Waals surface area contributed by atoms with Gasteiger partial charge in [-0.3, -0.25) is 4.40 Å². The van der Waals surface area contributed by atoms with Crippen LogP contribution in [-0.2, 0) is 6.42 Å². The zero-order valence-corrected chi connectivity index (χ0v) is 11.5. The van der Waals surface area contributed by atoms with E-state index in [0.29, 0.717) is 18.9 Å². The van der Waals surface area contributed by atoms with E-state index in [1.54, 1.807) is 0 Å². The minimum Gasteiger partial charge on any atom is -0.338 e. The highest BCUT2D eigenvalue weighted by Gasteiger charge is 2.32. The van der Waals surface area contributed by atoms with Crippen LogP contribution in [0.5, 0.6) is 0 Å². The Balaban J connectivity index is 1.44. The number of nitrogens with one attached hydrogen (secondary N) is 2. The zero-order chi connectivity index (χ0) is 13.9. The van der Waals surface area contributed by atoms with Gasteiger partial charge in [0.1, 0.15) is 5.82 Å². The molecule has 0 radical (unpaired) electrons.